The highest BCUT2D eigenvalue weighted by atomic mass is 16.6. The second-order valence-corrected chi connectivity index (χ2v) is 17.1. The molecule has 1 heterocycles. The molecule has 1 aliphatic heterocycles. The van der Waals surface area contributed by atoms with Gasteiger partial charge >= 0.3 is 12.1 Å². The Balaban J connectivity index is 1.78. The van der Waals surface area contributed by atoms with Crippen molar-refractivity contribution < 1.29 is 33.5 Å². The minimum absolute atomic E-state index is 0.0504. The monoisotopic (exact) mass is 688 g/mol. The van der Waals surface area contributed by atoms with E-state index in [-0.39, 0.29) is 42.2 Å². The van der Waals surface area contributed by atoms with Crippen molar-refractivity contribution in [2.24, 2.45) is 34.5 Å². The minimum atomic E-state index is -1.00. The lowest BCUT2D eigenvalue weighted by Gasteiger charge is -2.38. The van der Waals surface area contributed by atoms with E-state index in [2.05, 4.69) is 41.7 Å². The van der Waals surface area contributed by atoms with Crippen molar-refractivity contribution in [2.45, 2.75) is 118 Å². The van der Waals surface area contributed by atoms with E-state index >= 15 is 0 Å². The molecule has 0 radical (unpaired) electrons. The van der Waals surface area contributed by atoms with Gasteiger partial charge in [-0.05, 0) is 61.7 Å². The molecule has 0 aromatic rings. The summed E-state index contributed by atoms with van der Waals surface area (Å²) in [6, 6.07) is -3.88. The Kier molecular flexibility index (Phi) is 12.2. The molecule has 49 heavy (non-hydrogen) atoms. The van der Waals surface area contributed by atoms with Crippen LogP contribution in [-0.4, -0.2) is 102 Å². The van der Waals surface area contributed by atoms with E-state index in [4.69, 9.17) is 4.74 Å². The van der Waals surface area contributed by atoms with Gasteiger partial charge in [-0.15, -0.1) is 6.58 Å². The van der Waals surface area contributed by atoms with Gasteiger partial charge in [-0.3, -0.25) is 19.2 Å². The first-order chi connectivity index (χ1) is 22.5. The number of carbonyl (C=O) groups excluding carboxylic acids is 6. The van der Waals surface area contributed by atoms with Crippen LogP contribution < -0.4 is 21.3 Å². The van der Waals surface area contributed by atoms with E-state index in [0.29, 0.717) is 13.0 Å². The van der Waals surface area contributed by atoms with Crippen LogP contribution in [0.4, 0.5) is 9.59 Å². The summed E-state index contributed by atoms with van der Waals surface area (Å²) in [5, 5.41) is 11.2. The van der Waals surface area contributed by atoms with Crippen molar-refractivity contribution in [3.8, 4) is 0 Å². The highest BCUT2D eigenvalue weighted by Crippen LogP contribution is 2.65. The van der Waals surface area contributed by atoms with E-state index in [1.165, 1.54) is 11.0 Å². The van der Waals surface area contributed by atoms with E-state index in [1.807, 2.05) is 34.6 Å². The Labute approximate surface area is 292 Å². The molecule has 0 aromatic heterocycles. The summed E-state index contributed by atoms with van der Waals surface area (Å²) in [7, 11) is 1.60. The third-order valence-electron chi connectivity index (χ3n) is 9.98. The van der Waals surface area contributed by atoms with E-state index < -0.39 is 70.8 Å². The van der Waals surface area contributed by atoms with E-state index in [1.54, 1.807) is 32.7 Å². The maximum atomic E-state index is 14.4. The number of rotatable bonds is 14. The molecule has 4 N–H and O–H groups in total. The standard InChI is InChI=1S/C36H60N6O7/c1-13-16-37-30(45)27(43)23(17-21-14-15-21)38-29(44)26-25-22(36(25,10)11)18-42(26)31(46)28(34(4,5)6)40-32(47)39-24(20(2)3)19-41(12)33(48)49-35(7,8)9/h13,20-26,28H,1,14-19H2,2-12H3,(H,37,45)(H,38,44)(H2,39,40,47)/t22-,23?,24+,25-,26-,28+/m0/s1. The number of likely N-dealkylation sites (tertiary alicyclic amines) is 1. The zero-order valence-corrected chi connectivity index (χ0v) is 31.4. The molecule has 6 amide bonds. The predicted octanol–water partition coefficient (Wildman–Crippen LogP) is 3.23. The number of nitrogens with zero attached hydrogens (tertiary/aromatic N) is 2. The van der Waals surface area contributed by atoms with Crippen LogP contribution in [0.15, 0.2) is 12.7 Å². The second kappa shape index (κ2) is 15.1. The lowest BCUT2D eigenvalue weighted by atomic mass is 9.85. The Hall–Kier alpha value is -3.64. The fourth-order valence-electron chi connectivity index (χ4n) is 6.69. The Morgan fingerprint density at radius 2 is 1.61 bits per heavy atom. The van der Waals surface area contributed by atoms with Crippen LogP contribution in [0, 0.1) is 34.5 Å². The van der Waals surface area contributed by atoms with Crippen LogP contribution >= 0.6 is 0 Å². The zero-order valence-electron chi connectivity index (χ0n) is 31.4. The van der Waals surface area contributed by atoms with Gasteiger partial charge in [0.15, 0.2) is 0 Å². The number of carbonyl (C=O) groups is 6. The fraction of sp³-hybridized carbons (Fsp3) is 0.778. The maximum Gasteiger partial charge on any atom is 0.410 e. The van der Waals surface area contributed by atoms with Gasteiger partial charge in [0.25, 0.3) is 5.91 Å². The van der Waals surface area contributed by atoms with Crippen molar-refractivity contribution in [1.29, 1.82) is 0 Å². The first-order valence-corrected chi connectivity index (χ1v) is 17.5. The number of ketones is 1. The summed E-state index contributed by atoms with van der Waals surface area (Å²) in [5.41, 5.74) is -1.59. The number of piperidine rings is 1. The Morgan fingerprint density at radius 1 is 1.00 bits per heavy atom. The predicted molar refractivity (Wildman–Crippen MR) is 186 cm³/mol. The largest absolute Gasteiger partial charge is 0.444 e. The van der Waals surface area contributed by atoms with Crippen LogP contribution in [0.3, 0.4) is 0 Å². The van der Waals surface area contributed by atoms with Gasteiger partial charge in [0, 0.05) is 26.7 Å². The van der Waals surface area contributed by atoms with Gasteiger partial charge in [0.05, 0.1) is 12.1 Å². The second-order valence-electron chi connectivity index (χ2n) is 17.1. The van der Waals surface area contributed by atoms with Gasteiger partial charge in [-0.1, -0.05) is 67.4 Å². The molecular formula is C36H60N6O7. The summed E-state index contributed by atoms with van der Waals surface area (Å²) in [6.07, 6.45) is 3.17. The first-order valence-electron chi connectivity index (χ1n) is 17.5. The smallest absolute Gasteiger partial charge is 0.410 e. The summed E-state index contributed by atoms with van der Waals surface area (Å²) in [4.78, 5) is 83.2. The number of urea groups is 1. The van der Waals surface area contributed by atoms with Crippen molar-refractivity contribution in [3.63, 3.8) is 0 Å². The van der Waals surface area contributed by atoms with Gasteiger partial charge in [0.2, 0.25) is 17.6 Å². The lowest BCUT2D eigenvalue weighted by molar-refractivity contribution is -0.145. The van der Waals surface area contributed by atoms with Gasteiger partial charge in [-0.25, -0.2) is 9.59 Å². The molecule has 0 spiro atoms. The van der Waals surface area contributed by atoms with Gasteiger partial charge in [-0.2, -0.15) is 0 Å². The quantitative estimate of drug-likeness (QED) is 0.161. The highest BCUT2D eigenvalue weighted by Gasteiger charge is 2.70. The summed E-state index contributed by atoms with van der Waals surface area (Å²) >= 11 is 0. The molecule has 1 saturated heterocycles. The van der Waals surface area contributed by atoms with Crippen LogP contribution in [0.1, 0.15) is 88.5 Å². The maximum absolute atomic E-state index is 14.4. The Bertz CT molecular complexity index is 1300. The molecule has 3 fully saturated rings. The van der Waals surface area contributed by atoms with Crippen molar-refractivity contribution in [2.75, 3.05) is 26.7 Å². The molecule has 13 heteroatoms. The van der Waals surface area contributed by atoms with Crippen LogP contribution in [0.25, 0.3) is 0 Å². The number of likely N-dealkylation sites (N-methyl/N-ethyl adjacent to an activating group) is 1. The van der Waals surface area contributed by atoms with Gasteiger partial charge in [0.1, 0.15) is 17.7 Å². The molecule has 2 aliphatic carbocycles. The SMILES string of the molecule is C=CCNC(=O)C(=O)C(CC1CC1)NC(=O)[C@@H]1[C@@H]2[C@H](CN1C(=O)[C@@H](NC(=O)N[C@H](CN(C)C(=O)OC(C)(C)C)C(C)C)C(C)(C)C)C2(C)C. The normalized spacial score (nSPS) is 22.9. The lowest BCUT2D eigenvalue weighted by Crippen LogP contribution is -2.62. The Morgan fingerprint density at radius 3 is 2.12 bits per heavy atom. The summed E-state index contributed by atoms with van der Waals surface area (Å²) in [6.45, 7) is 23.1. The fourth-order valence-corrected chi connectivity index (χ4v) is 6.69. The van der Waals surface area contributed by atoms with E-state index in [9.17, 15) is 28.8 Å². The van der Waals surface area contributed by atoms with Crippen molar-refractivity contribution in [3.05, 3.63) is 12.7 Å². The third-order valence-corrected chi connectivity index (χ3v) is 9.98. The summed E-state index contributed by atoms with van der Waals surface area (Å²) in [5.74, 6) is -2.22. The molecule has 6 atom stereocenters. The molecular weight excluding hydrogens is 628 g/mol. The third kappa shape index (κ3) is 10.2. The zero-order chi connectivity index (χ0) is 37.2. The number of hydrogen-bond donors (Lipinski definition) is 4. The molecule has 3 rings (SSSR count). The van der Waals surface area contributed by atoms with Crippen LogP contribution in [-0.2, 0) is 23.9 Å². The average Bonchev–Trinajstić information content (AvgIpc) is 3.83. The number of ether oxygens (including phenoxy) is 1. The van der Waals surface area contributed by atoms with E-state index in [0.717, 1.165) is 12.8 Å². The highest BCUT2D eigenvalue weighted by molar-refractivity contribution is 6.38. The molecule has 3 aliphatic rings. The number of fused-ring (bicyclic) bond motifs is 1. The molecule has 2 saturated carbocycles. The molecule has 0 bridgehead atoms. The van der Waals surface area contributed by atoms with Crippen LogP contribution in [0.5, 0.6) is 0 Å². The van der Waals surface area contributed by atoms with Crippen molar-refractivity contribution in [1.82, 2.24) is 31.1 Å². The number of Topliss-reactive ketones (excluding diaryl/α,β-unsaturated/α-hetero) is 1. The molecule has 0 aromatic carbocycles. The average molecular weight is 689 g/mol. The van der Waals surface area contributed by atoms with Crippen molar-refractivity contribution >= 4 is 35.6 Å². The minimum Gasteiger partial charge on any atom is -0.444 e. The van der Waals surface area contributed by atoms with Crippen LogP contribution in [0.2, 0.25) is 0 Å². The number of nitrogens with one attached hydrogen (secondary N) is 4. The summed E-state index contributed by atoms with van der Waals surface area (Å²) < 4.78 is 5.46. The number of hydrogen-bond acceptors (Lipinski definition) is 7. The molecule has 276 valence electrons. The topological polar surface area (TPSA) is 166 Å². The van der Waals surface area contributed by atoms with Gasteiger partial charge < -0.3 is 35.8 Å². The molecule has 13 nitrogen and oxygen atoms in total. The number of amides is 6. The first kappa shape index (κ1) is 39.8. The molecule has 1 unspecified atom stereocenters.